The summed E-state index contributed by atoms with van der Waals surface area (Å²) in [6.07, 6.45) is 2.03. The van der Waals surface area contributed by atoms with Crippen LogP contribution in [0.15, 0.2) is 30.3 Å². The Balaban J connectivity index is 1.78. The first-order valence-corrected chi connectivity index (χ1v) is 10.7. The Morgan fingerprint density at radius 3 is 2.75 bits per heavy atom. The van der Waals surface area contributed by atoms with Crippen LogP contribution in [0.25, 0.3) is 10.2 Å². The van der Waals surface area contributed by atoms with E-state index in [1.54, 1.807) is 4.90 Å². The quantitative estimate of drug-likeness (QED) is 0.549. The molecule has 4 nitrogen and oxygen atoms in total. The Morgan fingerprint density at radius 1 is 1.25 bits per heavy atom. The Kier molecular flexibility index (Phi) is 5.41. The summed E-state index contributed by atoms with van der Waals surface area (Å²) in [7, 11) is 0. The zero-order chi connectivity index (χ0) is 19.8. The Labute approximate surface area is 174 Å². The van der Waals surface area contributed by atoms with Gasteiger partial charge in [-0.15, -0.1) is 0 Å². The van der Waals surface area contributed by atoms with Gasteiger partial charge in [-0.05, 0) is 56.9 Å². The van der Waals surface area contributed by atoms with Gasteiger partial charge in [-0.1, -0.05) is 46.7 Å². The Bertz CT molecular complexity index is 1000. The van der Waals surface area contributed by atoms with Crippen molar-refractivity contribution >= 4 is 44.2 Å². The molecular weight excluding hydrogens is 392 g/mol. The number of carbonyl (C=O) groups is 1. The molecule has 146 valence electrons. The van der Waals surface area contributed by atoms with Crippen molar-refractivity contribution in [3.63, 3.8) is 0 Å². The number of fused-ring (bicyclic) bond motifs is 1. The van der Waals surface area contributed by atoms with Crippen LogP contribution in [0.3, 0.4) is 0 Å². The highest BCUT2D eigenvalue weighted by atomic mass is 35.5. The third kappa shape index (κ3) is 3.66. The molecule has 1 atom stereocenters. The fourth-order valence-corrected chi connectivity index (χ4v) is 4.97. The van der Waals surface area contributed by atoms with Gasteiger partial charge in [-0.3, -0.25) is 9.69 Å². The molecule has 0 radical (unpaired) electrons. The van der Waals surface area contributed by atoms with Gasteiger partial charge in [0.25, 0.3) is 5.91 Å². The number of benzene rings is 2. The van der Waals surface area contributed by atoms with Gasteiger partial charge in [-0.2, -0.15) is 0 Å². The fraction of sp³-hybridized carbons (Fsp3) is 0.364. The van der Waals surface area contributed by atoms with Crippen molar-refractivity contribution in [2.24, 2.45) is 0 Å². The largest absolute Gasteiger partial charge is 0.376 e. The molecule has 1 aliphatic heterocycles. The van der Waals surface area contributed by atoms with E-state index in [-0.39, 0.29) is 12.0 Å². The smallest absolute Gasteiger partial charge is 0.260 e. The lowest BCUT2D eigenvalue weighted by Crippen LogP contribution is -2.37. The van der Waals surface area contributed by atoms with E-state index < -0.39 is 0 Å². The minimum Gasteiger partial charge on any atom is -0.376 e. The molecule has 0 aliphatic carbocycles. The van der Waals surface area contributed by atoms with Crippen LogP contribution in [0.4, 0.5) is 5.13 Å². The second-order valence-electron chi connectivity index (χ2n) is 7.41. The molecule has 6 heteroatoms. The van der Waals surface area contributed by atoms with E-state index in [2.05, 4.69) is 0 Å². The molecule has 3 aromatic rings. The molecule has 1 aliphatic rings. The number of thiazole rings is 1. The number of anilines is 1. The van der Waals surface area contributed by atoms with Gasteiger partial charge in [0, 0.05) is 12.2 Å². The van der Waals surface area contributed by atoms with E-state index in [9.17, 15) is 4.79 Å². The molecular formula is C22H23ClN2O2S. The van der Waals surface area contributed by atoms with E-state index in [0.29, 0.717) is 22.3 Å². The summed E-state index contributed by atoms with van der Waals surface area (Å²) in [4.78, 5) is 20.1. The SMILES string of the molecule is Cc1ccc(C(=O)N(CC2CCCO2)c2nc3c(C)ccc(Cl)c3s2)c(C)c1. The standard InChI is InChI=1S/C22H23ClN2O2S/c1-13-6-8-17(15(3)11-13)21(26)25(12-16-5-4-10-27-16)22-24-19-14(2)7-9-18(23)20(19)28-22/h6-9,11,16H,4-5,10,12H2,1-3H3. The zero-order valence-corrected chi connectivity index (χ0v) is 17.9. The monoisotopic (exact) mass is 414 g/mol. The van der Waals surface area contributed by atoms with Gasteiger partial charge in [0.15, 0.2) is 5.13 Å². The van der Waals surface area contributed by atoms with Crippen LogP contribution in [0, 0.1) is 20.8 Å². The van der Waals surface area contributed by atoms with Crippen molar-refractivity contribution in [3.05, 3.63) is 57.6 Å². The number of amides is 1. The maximum atomic E-state index is 13.5. The average Bonchev–Trinajstić information content (AvgIpc) is 3.32. The minimum absolute atomic E-state index is 0.0401. The highest BCUT2D eigenvalue weighted by Gasteiger charge is 2.28. The number of aryl methyl sites for hydroxylation is 3. The zero-order valence-electron chi connectivity index (χ0n) is 16.3. The van der Waals surface area contributed by atoms with Crippen LogP contribution in [0.5, 0.6) is 0 Å². The van der Waals surface area contributed by atoms with Crippen molar-refractivity contribution < 1.29 is 9.53 Å². The van der Waals surface area contributed by atoms with Crippen molar-refractivity contribution in [2.45, 2.75) is 39.7 Å². The lowest BCUT2D eigenvalue weighted by atomic mass is 10.0. The molecule has 0 saturated carbocycles. The van der Waals surface area contributed by atoms with Gasteiger partial charge in [0.2, 0.25) is 0 Å². The number of nitrogens with zero attached hydrogens (tertiary/aromatic N) is 2. The van der Waals surface area contributed by atoms with Crippen LogP contribution in [-0.2, 0) is 4.74 Å². The lowest BCUT2D eigenvalue weighted by molar-refractivity contribution is 0.0917. The summed E-state index contributed by atoms with van der Waals surface area (Å²) >= 11 is 7.87. The summed E-state index contributed by atoms with van der Waals surface area (Å²) in [6.45, 7) is 7.27. The van der Waals surface area contributed by atoms with Crippen molar-refractivity contribution in [1.29, 1.82) is 0 Å². The molecule has 2 heterocycles. The third-order valence-corrected chi connectivity index (χ3v) is 6.72. The van der Waals surface area contributed by atoms with Gasteiger partial charge < -0.3 is 4.74 Å². The van der Waals surface area contributed by atoms with Gasteiger partial charge in [0.1, 0.15) is 0 Å². The number of hydrogen-bond donors (Lipinski definition) is 0. The summed E-state index contributed by atoms with van der Waals surface area (Å²) < 4.78 is 6.74. The second kappa shape index (κ2) is 7.82. The molecule has 28 heavy (non-hydrogen) atoms. The highest BCUT2D eigenvalue weighted by Crippen LogP contribution is 2.36. The molecule has 1 unspecified atom stereocenters. The van der Waals surface area contributed by atoms with Crippen molar-refractivity contribution in [2.75, 3.05) is 18.1 Å². The van der Waals surface area contributed by atoms with E-state index >= 15 is 0 Å². The topological polar surface area (TPSA) is 42.4 Å². The first-order chi connectivity index (χ1) is 13.4. The molecule has 2 aromatic carbocycles. The molecule has 1 amide bonds. The third-order valence-electron chi connectivity index (χ3n) is 5.18. The van der Waals surface area contributed by atoms with E-state index in [1.807, 2.05) is 51.1 Å². The summed E-state index contributed by atoms with van der Waals surface area (Å²) in [6, 6.07) is 9.77. The van der Waals surface area contributed by atoms with Crippen molar-refractivity contribution in [1.82, 2.24) is 4.98 Å². The molecule has 0 spiro atoms. The molecule has 0 bridgehead atoms. The van der Waals surface area contributed by atoms with Crippen LogP contribution in [0.2, 0.25) is 5.02 Å². The predicted molar refractivity (Wildman–Crippen MR) is 116 cm³/mol. The maximum absolute atomic E-state index is 13.5. The molecule has 1 saturated heterocycles. The Hall–Kier alpha value is -1.95. The Morgan fingerprint density at radius 2 is 2.07 bits per heavy atom. The normalized spacial score (nSPS) is 16.6. The number of aromatic nitrogens is 1. The summed E-state index contributed by atoms with van der Waals surface area (Å²) in [5, 5.41) is 1.34. The maximum Gasteiger partial charge on any atom is 0.260 e. The molecule has 4 rings (SSSR count). The minimum atomic E-state index is -0.0409. The second-order valence-corrected chi connectivity index (χ2v) is 8.79. The van der Waals surface area contributed by atoms with E-state index in [1.165, 1.54) is 11.3 Å². The molecule has 0 N–H and O–H groups in total. The van der Waals surface area contributed by atoms with Crippen LogP contribution < -0.4 is 4.90 Å². The van der Waals surface area contributed by atoms with Gasteiger partial charge in [-0.25, -0.2) is 4.98 Å². The van der Waals surface area contributed by atoms with Crippen LogP contribution >= 0.6 is 22.9 Å². The van der Waals surface area contributed by atoms with Gasteiger partial charge in [0.05, 0.1) is 27.9 Å². The van der Waals surface area contributed by atoms with Crippen molar-refractivity contribution in [3.8, 4) is 0 Å². The first kappa shape index (κ1) is 19.4. The fourth-order valence-electron chi connectivity index (χ4n) is 3.65. The van der Waals surface area contributed by atoms with E-state index in [4.69, 9.17) is 21.3 Å². The van der Waals surface area contributed by atoms with Gasteiger partial charge >= 0.3 is 0 Å². The average molecular weight is 415 g/mol. The summed E-state index contributed by atoms with van der Waals surface area (Å²) in [5.41, 5.74) is 4.72. The van der Waals surface area contributed by atoms with Crippen LogP contribution in [0.1, 0.15) is 39.9 Å². The number of ether oxygens (including phenoxy) is 1. The number of rotatable bonds is 4. The summed E-state index contributed by atoms with van der Waals surface area (Å²) in [5.74, 6) is -0.0409. The molecule has 1 aromatic heterocycles. The van der Waals surface area contributed by atoms with E-state index in [0.717, 1.165) is 46.4 Å². The lowest BCUT2D eigenvalue weighted by Gasteiger charge is -2.24. The first-order valence-electron chi connectivity index (χ1n) is 9.50. The number of hydrogen-bond acceptors (Lipinski definition) is 4. The molecule has 1 fully saturated rings. The van der Waals surface area contributed by atoms with Crippen LogP contribution in [-0.4, -0.2) is 30.1 Å². The highest BCUT2D eigenvalue weighted by molar-refractivity contribution is 7.23. The predicted octanol–water partition coefficient (Wildman–Crippen LogP) is 5.70. The number of carbonyl (C=O) groups excluding carboxylic acids is 1. The number of halogens is 1.